The van der Waals surface area contributed by atoms with Gasteiger partial charge in [0.15, 0.2) is 5.78 Å². The maximum absolute atomic E-state index is 12.7. The fraction of sp³-hybridized carbons (Fsp3) is 0.261. The van der Waals surface area contributed by atoms with Gasteiger partial charge in [-0.2, -0.15) is 0 Å². The highest BCUT2D eigenvalue weighted by molar-refractivity contribution is 6.08. The topological polar surface area (TPSA) is 29.5 Å². The van der Waals surface area contributed by atoms with Gasteiger partial charge in [-0.05, 0) is 37.1 Å². The van der Waals surface area contributed by atoms with Crippen molar-refractivity contribution in [1.29, 1.82) is 0 Å². The summed E-state index contributed by atoms with van der Waals surface area (Å²) in [5, 5.41) is 2.11. The SMILES string of the molecule is CCCc1c2c(c(OCC)c3c1=CN(c1ccccc1)C3)=CC=CC2=O. The molecule has 0 amide bonds. The van der Waals surface area contributed by atoms with Crippen LogP contribution in [-0.2, 0) is 13.0 Å². The standard InChI is InChI=1S/C23H23NO2/c1-3-9-17-19-14-24(16-10-6-5-7-11-16)15-20(19)23(26-4-2)18-12-8-13-21(25)22(17)18/h5-8,10-14H,3-4,9,15H2,1-2H3. The molecule has 2 aliphatic rings. The van der Waals surface area contributed by atoms with Crippen molar-refractivity contribution in [3.05, 3.63) is 69.6 Å². The van der Waals surface area contributed by atoms with E-state index in [1.54, 1.807) is 6.08 Å². The first-order valence-electron chi connectivity index (χ1n) is 9.31. The van der Waals surface area contributed by atoms with Crippen LogP contribution >= 0.6 is 0 Å². The number of benzene rings is 2. The first-order valence-corrected chi connectivity index (χ1v) is 9.31. The van der Waals surface area contributed by atoms with Crippen LogP contribution in [-0.4, -0.2) is 12.4 Å². The van der Waals surface area contributed by atoms with Crippen LogP contribution in [0.1, 0.15) is 41.8 Å². The average Bonchev–Trinajstić information content (AvgIpc) is 3.10. The van der Waals surface area contributed by atoms with Gasteiger partial charge in [-0.1, -0.05) is 43.7 Å². The van der Waals surface area contributed by atoms with Gasteiger partial charge in [0.25, 0.3) is 0 Å². The van der Waals surface area contributed by atoms with Crippen molar-refractivity contribution in [2.75, 3.05) is 11.5 Å². The quantitative estimate of drug-likeness (QED) is 0.832. The van der Waals surface area contributed by atoms with E-state index in [0.717, 1.165) is 52.4 Å². The Bertz CT molecular complexity index is 1000. The van der Waals surface area contributed by atoms with Gasteiger partial charge in [-0.15, -0.1) is 0 Å². The Labute approximate surface area is 153 Å². The Balaban J connectivity index is 1.99. The largest absolute Gasteiger partial charge is 0.493 e. The second kappa shape index (κ2) is 6.83. The normalized spacial score (nSPS) is 14.5. The van der Waals surface area contributed by atoms with Crippen molar-refractivity contribution >= 4 is 23.7 Å². The van der Waals surface area contributed by atoms with Crippen LogP contribution < -0.4 is 20.1 Å². The van der Waals surface area contributed by atoms with E-state index >= 15 is 0 Å². The lowest BCUT2D eigenvalue weighted by molar-refractivity contribution is 0.104. The Morgan fingerprint density at radius 2 is 1.92 bits per heavy atom. The third-order valence-corrected chi connectivity index (χ3v) is 4.99. The summed E-state index contributed by atoms with van der Waals surface area (Å²) < 4.78 is 6.05. The first kappa shape index (κ1) is 16.6. The summed E-state index contributed by atoms with van der Waals surface area (Å²) >= 11 is 0. The zero-order chi connectivity index (χ0) is 18.1. The Hall–Kier alpha value is -2.81. The van der Waals surface area contributed by atoms with E-state index in [0.29, 0.717) is 6.61 Å². The second-order valence-corrected chi connectivity index (χ2v) is 6.65. The van der Waals surface area contributed by atoms with Crippen molar-refractivity contribution in [3.8, 4) is 5.75 Å². The molecule has 0 spiro atoms. The highest BCUT2D eigenvalue weighted by atomic mass is 16.5. The predicted octanol–water partition coefficient (Wildman–Crippen LogP) is 3.33. The number of hydrogen-bond donors (Lipinski definition) is 0. The minimum Gasteiger partial charge on any atom is -0.493 e. The molecule has 1 aliphatic heterocycles. The van der Waals surface area contributed by atoms with E-state index < -0.39 is 0 Å². The highest BCUT2D eigenvalue weighted by Gasteiger charge is 2.26. The highest BCUT2D eigenvalue weighted by Crippen LogP contribution is 2.26. The van der Waals surface area contributed by atoms with Gasteiger partial charge in [-0.3, -0.25) is 4.79 Å². The molecule has 1 aliphatic carbocycles. The lowest BCUT2D eigenvalue weighted by atomic mass is 9.90. The number of ether oxygens (including phenoxy) is 1. The average molecular weight is 345 g/mol. The number of carbonyl (C=O) groups is 1. The first-order chi connectivity index (χ1) is 12.7. The zero-order valence-corrected chi connectivity index (χ0v) is 15.3. The number of nitrogens with zero attached hydrogens (tertiary/aromatic N) is 1. The molecular formula is C23H23NO2. The summed E-state index contributed by atoms with van der Waals surface area (Å²) in [7, 11) is 0. The Kier molecular flexibility index (Phi) is 4.37. The summed E-state index contributed by atoms with van der Waals surface area (Å²) in [6.07, 6.45) is 9.60. The number of carbonyl (C=O) groups excluding carboxylic acids is 1. The number of hydrogen-bond acceptors (Lipinski definition) is 3. The van der Waals surface area contributed by atoms with Crippen molar-refractivity contribution < 1.29 is 9.53 Å². The summed E-state index contributed by atoms with van der Waals surface area (Å²) in [6, 6.07) is 10.4. The molecule has 0 fully saturated rings. The van der Waals surface area contributed by atoms with Gasteiger partial charge in [0.05, 0.1) is 13.2 Å². The van der Waals surface area contributed by atoms with Crippen molar-refractivity contribution in [3.63, 3.8) is 0 Å². The third-order valence-electron chi connectivity index (χ3n) is 4.99. The number of ketones is 1. The van der Waals surface area contributed by atoms with Crippen LogP contribution in [0, 0.1) is 0 Å². The second-order valence-electron chi connectivity index (χ2n) is 6.65. The van der Waals surface area contributed by atoms with E-state index in [1.165, 1.54) is 5.56 Å². The number of fused-ring (bicyclic) bond motifs is 2. The molecule has 0 bridgehead atoms. The fourth-order valence-electron chi connectivity index (χ4n) is 3.92. The number of anilines is 1. The molecule has 26 heavy (non-hydrogen) atoms. The molecule has 3 nitrogen and oxygen atoms in total. The monoisotopic (exact) mass is 345 g/mol. The third kappa shape index (κ3) is 2.64. The van der Waals surface area contributed by atoms with E-state index in [-0.39, 0.29) is 5.78 Å². The smallest absolute Gasteiger partial charge is 0.186 e. The summed E-state index contributed by atoms with van der Waals surface area (Å²) in [5.74, 6) is 0.950. The van der Waals surface area contributed by atoms with Crippen LogP contribution in [0.3, 0.4) is 0 Å². The van der Waals surface area contributed by atoms with Gasteiger partial charge in [0, 0.05) is 33.5 Å². The maximum atomic E-state index is 12.7. The molecule has 1 heterocycles. The van der Waals surface area contributed by atoms with E-state index in [4.69, 9.17) is 4.74 Å². The van der Waals surface area contributed by atoms with Crippen molar-refractivity contribution in [2.24, 2.45) is 0 Å². The molecule has 0 N–H and O–H groups in total. The van der Waals surface area contributed by atoms with E-state index in [2.05, 4.69) is 42.3 Å². The summed E-state index contributed by atoms with van der Waals surface area (Å²) in [5.41, 5.74) is 4.32. The van der Waals surface area contributed by atoms with Crippen LogP contribution in [0.5, 0.6) is 5.75 Å². The minimum absolute atomic E-state index is 0.0845. The number of allylic oxidation sites excluding steroid dienone is 2. The van der Waals surface area contributed by atoms with Gasteiger partial charge in [-0.25, -0.2) is 0 Å². The molecule has 0 saturated heterocycles. The van der Waals surface area contributed by atoms with Gasteiger partial charge in [0.1, 0.15) is 5.75 Å². The maximum Gasteiger partial charge on any atom is 0.186 e. The minimum atomic E-state index is 0.0845. The zero-order valence-electron chi connectivity index (χ0n) is 15.3. The molecule has 2 aromatic rings. The van der Waals surface area contributed by atoms with Gasteiger partial charge < -0.3 is 9.64 Å². The van der Waals surface area contributed by atoms with Crippen molar-refractivity contribution in [2.45, 2.75) is 33.2 Å². The fourth-order valence-corrected chi connectivity index (χ4v) is 3.92. The number of rotatable bonds is 5. The summed E-state index contributed by atoms with van der Waals surface area (Å²) in [4.78, 5) is 14.9. The van der Waals surface area contributed by atoms with Gasteiger partial charge in [0.2, 0.25) is 0 Å². The Morgan fingerprint density at radius 3 is 2.65 bits per heavy atom. The molecule has 0 aromatic heterocycles. The molecule has 132 valence electrons. The van der Waals surface area contributed by atoms with Crippen LogP contribution in [0.4, 0.5) is 5.69 Å². The Morgan fingerprint density at radius 1 is 1.12 bits per heavy atom. The van der Waals surface area contributed by atoms with Crippen LogP contribution in [0.25, 0.3) is 12.3 Å². The van der Waals surface area contributed by atoms with Crippen molar-refractivity contribution in [1.82, 2.24) is 0 Å². The molecule has 0 unspecified atom stereocenters. The molecule has 2 aromatic carbocycles. The lowest BCUT2D eigenvalue weighted by Gasteiger charge is -2.19. The lowest BCUT2D eigenvalue weighted by Crippen LogP contribution is -2.30. The molecule has 0 saturated carbocycles. The summed E-state index contributed by atoms with van der Waals surface area (Å²) in [6.45, 7) is 5.51. The molecule has 0 radical (unpaired) electrons. The van der Waals surface area contributed by atoms with Crippen LogP contribution in [0.15, 0.2) is 42.5 Å². The van der Waals surface area contributed by atoms with Crippen LogP contribution in [0.2, 0.25) is 0 Å². The molecule has 3 heteroatoms. The number of para-hydroxylation sites is 1. The van der Waals surface area contributed by atoms with E-state index in [1.807, 2.05) is 25.1 Å². The molecule has 4 rings (SSSR count). The predicted molar refractivity (Wildman–Crippen MR) is 106 cm³/mol. The van der Waals surface area contributed by atoms with Gasteiger partial charge >= 0.3 is 0 Å². The van der Waals surface area contributed by atoms with E-state index in [9.17, 15) is 4.79 Å². The molecule has 0 atom stereocenters. The molecular weight excluding hydrogens is 322 g/mol.